The maximum atomic E-state index is 12.9. The highest BCUT2D eigenvalue weighted by atomic mass is 16.5. The van der Waals surface area contributed by atoms with Gasteiger partial charge in [0.05, 0.1) is 13.0 Å². The van der Waals surface area contributed by atoms with Gasteiger partial charge >= 0.3 is 5.97 Å². The van der Waals surface area contributed by atoms with Crippen LogP contribution in [0.25, 0.3) is 0 Å². The lowest BCUT2D eigenvalue weighted by molar-refractivity contribution is -0.159. The van der Waals surface area contributed by atoms with Crippen molar-refractivity contribution in [2.24, 2.45) is 5.92 Å². The van der Waals surface area contributed by atoms with Crippen LogP contribution in [-0.2, 0) is 14.3 Å². The van der Waals surface area contributed by atoms with Gasteiger partial charge in [-0.25, -0.2) is 0 Å². The van der Waals surface area contributed by atoms with E-state index in [1.54, 1.807) is 43.5 Å². The van der Waals surface area contributed by atoms with Crippen molar-refractivity contribution in [1.29, 1.82) is 0 Å². The average molecular weight is 365 g/mol. The molecule has 140 valence electrons. The molecule has 5 nitrogen and oxygen atoms in total. The highest BCUT2D eigenvalue weighted by Gasteiger charge is 2.29. The number of hydrogen-bond acceptors (Lipinski definition) is 4. The molecule has 1 N–H and O–H groups in total. The second kappa shape index (κ2) is 9.03. The molecule has 0 fully saturated rings. The molecule has 1 amide bonds. The minimum absolute atomic E-state index is 0.203. The number of allylic oxidation sites excluding steroid dienone is 2. The molecule has 1 aliphatic carbocycles. The van der Waals surface area contributed by atoms with Crippen LogP contribution in [0.4, 0.5) is 5.69 Å². The van der Waals surface area contributed by atoms with Crippen LogP contribution >= 0.6 is 0 Å². The zero-order valence-corrected chi connectivity index (χ0v) is 15.3. The Balaban J connectivity index is 1.77. The van der Waals surface area contributed by atoms with E-state index < -0.39 is 12.0 Å². The number of benzene rings is 2. The quantitative estimate of drug-likeness (QED) is 0.613. The molecule has 27 heavy (non-hydrogen) atoms. The number of carbonyl (C=O) groups is 2. The van der Waals surface area contributed by atoms with Crippen molar-refractivity contribution in [3.05, 3.63) is 72.3 Å². The van der Waals surface area contributed by atoms with Gasteiger partial charge in [0, 0.05) is 17.3 Å². The summed E-state index contributed by atoms with van der Waals surface area (Å²) in [6.45, 7) is 0. The van der Waals surface area contributed by atoms with Crippen LogP contribution in [0.5, 0.6) is 5.75 Å². The van der Waals surface area contributed by atoms with E-state index in [9.17, 15) is 9.59 Å². The van der Waals surface area contributed by atoms with Crippen LogP contribution in [-0.4, -0.2) is 19.0 Å². The number of methoxy groups -OCH3 is 1. The second-order valence-corrected chi connectivity index (χ2v) is 6.43. The van der Waals surface area contributed by atoms with Gasteiger partial charge in [0.25, 0.3) is 5.91 Å². The molecule has 0 heterocycles. The second-order valence-electron chi connectivity index (χ2n) is 6.43. The number of rotatable bonds is 6. The molecule has 0 saturated heterocycles. The maximum Gasteiger partial charge on any atom is 0.310 e. The van der Waals surface area contributed by atoms with E-state index in [-0.39, 0.29) is 11.9 Å². The molecular formula is C22H23NO4. The number of hydrogen-bond donors (Lipinski definition) is 1. The SMILES string of the molecule is COc1cccc(NC(=O)[C@@H](OC(=O)[C@@H]2CC=CCC2)c2ccccc2)c1. The number of anilines is 1. The minimum Gasteiger partial charge on any atom is -0.497 e. The zero-order chi connectivity index (χ0) is 19.1. The predicted molar refractivity (Wildman–Crippen MR) is 103 cm³/mol. The number of nitrogens with one attached hydrogen (secondary N) is 1. The minimum atomic E-state index is -1.00. The van der Waals surface area contributed by atoms with Crippen molar-refractivity contribution in [1.82, 2.24) is 0 Å². The van der Waals surface area contributed by atoms with Gasteiger partial charge in [-0.2, -0.15) is 0 Å². The molecule has 3 rings (SSSR count). The van der Waals surface area contributed by atoms with Crippen LogP contribution in [0.2, 0.25) is 0 Å². The first-order valence-electron chi connectivity index (χ1n) is 9.02. The summed E-state index contributed by atoms with van der Waals surface area (Å²) in [6, 6.07) is 16.1. The van der Waals surface area contributed by atoms with Crippen LogP contribution < -0.4 is 10.1 Å². The predicted octanol–water partition coefficient (Wildman–Crippen LogP) is 4.27. The van der Waals surface area contributed by atoms with Gasteiger partial charge < -0.3 is 14.8 Å². The van der Waals surface area contributed by atoms with Gasteiger partial charge in [-0.15, -0.1) is 0 Å². The van der Waals surface area contributed by atoms with Crippen LogP contribution in [0.15, 0.2) is 66.7 Å². The maximum absolute atomic E-state index is 12.9. The van der Waals surface area contributed by atoms with Crippen molar-refractivity contribution in [2.75, 3.05) is 12.4 Å². The van der Waals surface area contributed by atoms with Gasteiger partial charge in [-0.05, 0) is 31.4 Å². The Morgan fingerprint density at radius 1 is 1.07 bits per heavy atom. The third kappa shape index (κ3) is 4.97. The van der Waals surface area contributed by atoms with Crippen LogP contribution in [0.1, 0.15) is 30.9 Å². The molecule has 5 heteroatoms. The average Bonchev–Trinajstić information content (AvgIpc) is 2.73. The molecule has 0 saturated carbocycles. The van der Waals surface area contributed by atoms with Crippen LogP contribution in [0, 0.1) is 5.92 Å². The van der Waals surface area contributed by atoms with Gasteiger partial charge in [-0.3, -0.25) is 9.59 Å². The fourth-order valence-electron chi connectivity index (χ4n) is 3.03. The first-order valence-corrected chi connectivity index (χ1v) is 9.02. The van der Waals surface area contributed by atoms with E-state index in [1.807, 2.05) is 24.3 Å². The fourth-order valence-corrected chi connectivity index (χ4v) is 3.03. The molecule has 1 aliphatic rings. The number of esters is 1. The Bertz CT molecular complexity index is 816. The van der Waals surface area contributed by atoms with E-state index >= 15 is 0 Å². The summed E-state index contributed by atoms with van der Waals surface area (Å²) >= 11 is 0. The van der Waals surface area contributed by atoms with E-state index in [0.29, 0.717) is 23.4 Å². The summed E-state index contributed by atoms with van der Waals surface area (Å²) in [5.41, 5.74) is 1.22. The number of amides is 1. The lowest BCUT2D eigenvalue weighted by atomic mass is 9.94. The fraction of sp³-hybridized carbons (Fsp3) is 0.273. The first-order chi connectivity index (χ1) is 13.2. The molecule has 0 bridgehead atoms. The summed E-state index contributed by atoms with van der Waals surface area (Å²) in [6.07, 6.45) is 5.30. The molecule has 2 atom stereocenters. The third-order valence-corrected chi connectivity index (χ3v) is 4.51. The van der Waals surface area contributed by atoms with Crippen molar-refractivity contribution in [3.8, 4) is 5.75 Å². The van der Waals surface area contributed by atoms with Crippen molar-refractivity contribution in [3.63, 3.8) is 0 Å². The van der Waals surface area contributed by atoms with E-state index in [2.05, 4.69) is 11.4 Å². The third-order valence-electron chi connectivity index (χ3n) is 4.51. The Morgan fingerprint density at radius 3 is 2.59 bits per heavy atom. The standard InChI is InChI=1S/C22H23NO4/c1-26-19-14-8-13-18(15-19)23-21(24)20(16-9-4-2-5-10-16)27-22(25)17-11-6-3-7-12-17/h2-6,8-10,13-15,17,20H,7,11-12H2,1H3,(H,23,24)/t17-,20+/m1/s1. The topological polar surface area (TPSA) is 64.6 Å². The van der Waals surface area contributed by atoms with E-state index in [1.165, 1.54) is 0 Å². The molecule has 0 spiro atoms. The molecule has 0 unspecified atom stereocenters. The van der Waals surface area contributed by atoms with Gasteiger partial charge in [0.1, 0.15) is 5.75 Å². The van der Waals surface area contributed by atoms with Gasteiger partial charge in [-0.1, -0.05) is 48.6 Å². The van der Waals surface area contributed by atoms with Crippen molar-refractivity contribution >= 4 is 17.6 Å². The Labute approximate surface area is 159 Å². The molecular weight excluding hydrogens is 342 g/mol. The lowest BCUT2D eigenvalue weighted by Crippen LogP contribution is -2.29. The monoisotopic (exact) mass is 365 g/mol. The highest BCUT2D eigenvalue weighted by Crippen LogP contribution is 2.26. The Hall–Kier alpha value is -3.08. The zero-order valence-electron chi connectivity index (χ0n) is 15.3. The summed E-state index contributed by atoms with van der Waals surface area (Å²) < 4.78 is 10.8. The summed E-state index contributed by atoms with van der Waals surface area (Å²) in [5.74, 6) is -0.302. The molecule has 0 radical (unpaired) electrons. The van der Waals surface area contributed by atoms with Gasteiger partial charge in [0.2, 0.25) is 6.10 Å². The Kier molecular flexibility index (Phi) is 6.26. The highest BCUT2D eigenvalue weighted by molar-refractivity contribution is 5.96. The smallest absolute Gasteiger partial charge is 0.310 e. The molecule has 2 aromatic carbocycles. The normalized spacial score (nSPS) is 17.0. The summed E-state index contributed by atoms with van der Waals surface area (Å²) in [7, 11) is 1.56. The molecule has 0 aliphatic heterocycles. The molecule has 0 aromatic heterocycles. The van der Waals surface area contributed by atoms with E-state index in [0.717, 1.165) is 12.8 Å². The van der Waals surface area contributed by atoms with Crippen LogP contribution in [0.3, 0.4) is 0 Å². The summed E-state index contributed by atoms with van der Waals surface area (Å²) in [5, 5.41) is 2.81. The van der Waals surface area contributed by atoms with E-state index in [4.69, 9.17) is 9.47 Å². The van der Waals surface area contributed by atoms with Crippen molar-refractivity contribution in [2.45, 2.75) is 25.4 Å². The largest absolute Gasteiger partial charge is 0.497 e. The lowest BCUT2D eigenvalue weighted by Gasteiger charge is -2.22. The number of carbonyl (C=O) groups excluding carboxylic acids is 2. The Morgan fingerprint density at radius 2 is 1.89 bits per heavy atom. The first kappa shape index (κ1) is 18.7. The molecule has 2 aromatic rings. The number of ether oxygens (including phenoxy) is 2. The summed E-state index contributed by atoms with van der Waals surface area (Å²) in [4.78, 5) is 25.5. The van der Waals surface area contributed by atoms with Gasteiger partial charge in [0.15, 0.2) is 0 Å². The van der Waals surface area contributed by atoms with Crippen molar-refractivity contribution < 1.29 is 19.1 Å².